The third-order valence-corrected chi connectivity index (χ3v) is 5.49. The Morgan fingerprint density at radius 2 is 1.92 bits per heavy atom. The molecule has 0 unspecified atom stereocenters. The smallest absolute Gasteiger partial charge is 0.410 e. The van der Waals surface area contributed by atoms with Gasteiger partial charge in [-0.15, -0.1) is 23.7 Å². The number of carbonyl (C=O) groups excluding carboxylic acids is 1. The number of benzene rings is 1. The first kappa shape index (κ1) is 19.1. The molecular formula is C19H26ClNO2S. The molecule has 0 saturated carbocycles. The van der Waals surface area contributed by atoms with E-state index < -0.39 is 5.60 Å². The van der Waals surface area contributed by atoms with Gasteiger partial charge in [-0.2, -0.15) is 0 Å². The summed E-state index contributed by atoms with van der Waals surface area (Å²) in [5.74, 6) is 0.539. The summed E-state index contributed by atoms with van der Waals surface area (Å²) in [6.07, 6.45) is 1.84. The van der Waals surface area contributed by atoms with Crippen LogP contribution in [0.3, 0.4) is 0 Å². The second-order valence-electron chi connectivity index (χ2n) is 7.42. The summed E-state index contributed by atoms with van der Waals surface area (Å²) < 4.78 is 6.83. The van der Waals surface area contributed by atoms with Gasteiger partial charge in [0.05, 0.1) is 0 Å². The maximum Gasteiger partial charge on any atom is 0.410 e. The Labute approximate surface area is 154 Å². The molecule has 1 aliphatic heterocycles. The van der Waals surface area contributed by atoms with Crippen LogP contribution in [0.25, 0.3) is 10.1 Å². The Balaban J connectivity index is 0.00000208. The SMILES string of the molecule is Cc1csc2ccc(C3CCN(C(=O)OC(C)(C)C)CC3)cc12.Cl. The van der Waals surface area contributed by atoms with Gasteiger partial charge in [-0.3, -0.25) is 0 Å². The Morgan fingerprint density at radius 1 is 1.25 bits per heavy atom. The summed E-state index contributed by atoms with van der Waals surface area (Å²) >= 11 is 1.81. The van der Waals surface area contributed by atoms with Gasteiger partial charge in [0.2, 0.25) is 0 Å². The highest BCUT2D eigenvalue weighted by Gasteiger charge is 2.27. The molecule has 0 bridgehead atoms. The van der Waals surface area contributed by atoms with E-state index in [1.54, 1.807) is 0 Å². The zero-order valence-electron chi connectivity index (χ0n) is 14.8. The highest BCUT2D eigenvalue weighted by molar-refractivity contribution is 7.17. The van der Waals surface area contributed by atoms with Gasteiger partial charge in [0.25, 0.3) is 0 Å². The molecule has 0 radical (unpaired) electrons. The van der Waals surface area contributed by atoms with E-state index in [9.17, 15) is 4.79 Å². The van der Waals surface area contributed by atoms with Gasteiger partial charge < -0.3 is 9.64 Å². The first-order valence-corrected chi connectivity index (χ1v) is 9.17. The standard InChI is InChI=1S/C19H25NO2S.ClH/c1-13-12-23-17-6-5-15(11-16(13)17)14-7-9-20(10-8-14)18(21)22-19(2,3)4;/h5-6,11-12,14H,7-10H2,1-4H3;1H. The quantitative estimate of drug-likeness (QED) is 0.642. The minimum atomic E-state index is -0.421. The predicted molar refractivity (Wildman–Crippen MR) is 104 cm³/mol. The van der Waals surface area contributed by atoms with Gasteiger partial charge in [-0.25, -0.2) is 4.79 Å². The fourth-order valence-electron chi connectivity index (χ4n) is 3.15. The van der Waals surface area contributed by atoms with Crippen LogP contribution in [0.5, 0.6) is 0 Å². The van der Waals surface area contributed by atoms with Gasteiger partial charge >= 0.3 is 6.09 Å². The van der Waals surface area contributed by atoms with E-state index >= 15 is 0 Å². The first-order valence-electron chi connectivity index (χ1n) is 8.29. The van der Waals surface area contributed by atoms with E-state index in [2.05, 4.69) is 30.5 Å². The van der Waals surface area contributed by atoms with E-state index in [0.29, 0.717) is 5.92 Å². The molecule has 1 saturated heterocycles. The van der Waals surface area contributed by atoms with Crippen LogP contribution < -0.4 is 0 Å². The number of rotatable bonds is 1. The third kappa shape index (κ3) is 4.22. The van der Waals surface area contributed by atoms with Crippen molar-refractivity contribution in [3.63, 3.8) is 0 Å². The second kappa shape index (κ2) is 7.32. The molecule has 2 heterocycles. The lowest BCUT2D eigenvalue weighted by Gasteiger charge is -2.33. The van der Waals surface area contributed by atoms with Gasteiger partial charge in [0.15, 0.2) is 0 Å². The Kier molecular flexibility index (Phi) is 5.82. The molecule has 132 valence electrons. The van der Waals surface area contributed by atoms with Crippen molar-refractivity contribution >= 4 is 39.9 Å². The van der Waals surface area contributed by atoms with Crippen LogP contribution >= 0.6 is 23.7 Å². The van der Waals surface area contributed by atoms with Crippen LogP contribution in [0.15, 0.2) is 23.6 Å². The largest absolute Gasteiger partial charge is 0.444 e. The summed E-state index contributed by atoms with van der Waals surface area (Å²) in [5.41, 5.74) is 2.34. The van der Waals surface area contributed by atoms with Crippen molar-refractivity contribution in [1.82, 2.24) is 4.90 Å². The molecule has 1 fully saturated rings. The van der Waals surface area contributed by atoms with E-state index in [-0.39, 0.29) is 18.5 Å². The Morgan fingerprint density at radius 3 is 2.54 bits per heavy atom. The molecule has 3 rings (SSSR count). The molecular weight excluding hydrogens is 342 g/mol. The van der Waals surface area contributed by atoms with Crippen molar-refractivity contribution in [3.8, 4) is 0 Å². The van der Waals surface area contributed by atoms with E-state index in [1.807, 2.05) is 37.0 Å². The second-order valence-corrected chi connectivity index (χ2v) is 8.33. The molecule has 2 aromatic rings. The van der Waals surface area contributed by atoms with Crippen molar-refractivity contribution in [2.45, 2.75) is 52.1 Å². The van der Waals surface area contributed by atoms with Crippen LogP contribution in [0, 0.1) is 6.92 Å². The maximum absolute atomic E-state index is 12.1. The Hall–Kier alpha value is -1.26. The topological polar surface area (TPSA) is 29.5 Å². The molecule has 0 atom stereocenters. The number of hydrogen-bond acceptors (Lipinski definition) is 3. The highest BCUT2D eigenvalue weighted by atomic mass is 35.5. The minimum absolute atomic E-state index is 0. The summed E-state index contributed by atoms with van der Waals surface area (Å²) in [4.78, 5) is 14.0. The molecule has 1 aromatic heterocycles. The van der Waals surface area contributed by atoms with Gasteiger partial charge in [0, 0.05) is 17.8 Å². The number of carbonyl (C=O) groups is 1. The predicted octanol–water partition coefficient (Wildman–Crippen LogP) is 5.75. The number of ether oxygens (including phenoxy) is 1. The number of halogens is 1. The summed E-state index contributed by atoms with van der Waals surface area (Å²) in [5, 5.41) is 3.60. The van der Waals surface area contributed by atoms with Crippen molar-refractivity contribution < 1.29 is 9.53 Å². The minimum Gasteiger partial charge on any atom is -0.444 e. The molecule has 3 nitrogen and oxygen atoms in total. The monoisotopic (exact) mass is 367 g/mol. The zero-order chi connectivity index (χ0) is 16.6. The lowest BCUT2D eigenvalue weighted by atomic mass is 9.89. The zero-order valence-corrected chi connectivity index (χ0v) is 16.4. The van der Waals surface area contributed by atoms with Gasteiger partial charge in [-0.1, -0.05) is 6.07 Å². The van der Waals surface area contributed by atoms with Crippen LogP contribution in [0.4, 0.5) is 4.79 Å². The number of thiophene rings is 1. The summed E-state index contributed by atoms with van der Waals surface area (Å²) in [6.45, 7) is 9.47. The van der Waals surface area contributed by atoms with Crippen molar-refractivity contribution in [2.24, 2.45) is 0 Å². The fraction of sp³-hybridized carbons (Fsp3) is 0.526. The molecule has 0 spiro atoms. The molecule has 0 N–H and O–H groups in total. The number of piperidine rings is 1. The summed E-state index contributed by atoms with van der Waals surface area (Å²) in [6, 6.07) is 6.84. The highest BCUT2D eigenvalue weighted by Crippen LogP contribution is 2.33. The van der Waals surface area contributed by atoms with Gasteiger partial charge in [0.1, 0.15) is 5.60 Å². The molecule has 24 heavy (non-hydrogen) atoms. The number of aryl methyl sites for hydroxylation is 1. The first-order chi connectivity index (χ1) is 10.8. The van der Waals surface area contributed by atoms with E-state index in [0.717, 1.165) is 25.9 Å². The van der Waals surface area contributed by atoms with Crippen molar-refractivity contribution in [2.75, 3.05) is 13.1 Å². The Bertz CT molecular complexity index is 712. The number of nitrogens with zero attached hydrogens (tertiary/aromatic N) is 1. The molecule has 0 aliphatic carbocycles. The molecule has 1 amide bonds. The lowest BCUT2D eigenvalue weighted by molar-refractivity contribution is 0.0205. The lowest BCUT2D eigenvalue weighted by Crippen LogP contribution is -2.41. The number of fused-ring (bicyclic) bond motifs is 1. The summed E-state index contributed by atoms with van der Waals surface area (Å²) in [7, 11) is 0. The molecule has 1 aromatic carbocycles. The average Bonchev–Trinajstić information content (AvgIpc) is 2.87. The average molecular weight is 368 g/mol. The molecule has 5 heteroatoms. The third-order valence-electron chi connectivity index (χ3n) is 4.41. The number of likely N-dealkylation sites (tertiary alicyclic amines) is 1. The van der Waals surface area contributed by atoms with E-state index in [4.69, 9.17) is 4.74 Å². The van der Waals surface area contributed by atoms with Crippen LogP contribution in [-0.2, 0) is 4.74 Å². The van der Waals surface area contributed by atoms with Crippen LogP contribution in [-0.4, -0.2) is 29.7 Å². The van der Waals surface area contributed by atoms with Crippen molar-refractivity contribution in [1.29, 1.82) is 0 Å². The normalized spacial score (nSPS) is 16.1. The van der Waals surface area contributed by atoms with Gasteiger partial charge in [-0.05, 0) is 80.5 Å². The van der Waals surface area contributed by atoms with Crippen LogP contribution in [0.1, 0.15) is 50.7 Å². The van der Waals surface area contributed by atoms with Crippen LogP contribution in [0.2, 0.25) is 0 Å². The molecule has 1 aliphatic rings. The van der Waals surface area contributed by atoms with Crippen molar-refractivity contribution in [3.05, 3.63) is 34.7 Å². The van der Waals surface area contributed by atoms with E-state index in [1.165, 1.54) is 21.2 Å². The fourth-order valence-corrected chi connectivity index (χ4v) is 4.07. The number of hydrogen-bond donors (Lipinski definition) is 0. The maximum atomic E-state index is 12.1. The number of amides is 1.